The second-order valence-electron chi connectivity index (χ2n) is 10.1. The van der Waals surface area contributed by atoms with Crippen molar-refractivity contribution in [2.24, 2.45) is 5.92 Å². The van der Waals surface area contributed by atoms with Crippen LogP contribution >= 0.6 is 0 Å². The van der Waals surface area contributed by atoms with Gasteiger partial charge in [-0.05, 0) is 74.7 Å². The lowest BCUT2D eigenvalue weighted by Gasteiger charge is -2.46. The molecular formula is C27H33FN4O2. The molecule has 1 aromatic heterocycles. The summed E-state index contributed by atoms with van der Waals surface area (Å²) in [5.41, 5.74) is 1.99. The first kappa shape index (κ1) is 21.9. The van der Waals surface area contributed by atoms with E-state index in [1.54, 1.807) is 6.07 Å². The molecule has 0 unspecified atom stereocenters. The van der Waals surface area contributed by atoms with Crippen molar-refractivity contribution in [1.82, 2.24) is 15.0 Å². The van der Waals surface area contributed by atoms with Crippen LogP contribution in [-0.2, 0) is 6.54 Å². The van der Waals surface area contributed by atoms with Gasteiger partial charge in [-0.3, -0.25) is 9.80 Å². The zero-order valence-electron chi connectivity index (χ0n) is 19.7. The van der Waals surface area contributed by atoms with Gasteiger partial charge in [0.05, 0.1) is 12.0 Å². The molecule has 4 heterocycles. The van der Waals surface area contributed by atoms with Crippen LogP contribution in [0.1, 0.15) is 31.2 Å². The van der Waals surface area contributed by atoms with E-state index in [1.165, 1.54) is 43.6 Å². The molecule has 7 heteroatoms. The molecule has 6 nitrogen and oxygen atoms in total. The molecule has 3 aliphatic heterocycles. The van der Waals surface area contributed by atoms with Crippen LogP contribution in [-0.4, -0.2) is 66.9 Å². The average Bonchev–Trinajstić information content (AvgIpc) is 3.52. The van der Waals surface area contributed by atoms with Crippen molar-refractivity contribution >= 4 is 16.8 Å². The van der Waals surface area contributed by atoms with Crippen molar-refractivity contribution in [3.8, 4) is 5.75 Å². The van der Waals surface area contributed by atoms with Crippen LogP contribution in [0.5, 0.6) is 5.75 Å². The fourth-order valence-corrected chi connectivity index (χ4v) is 5.86. The number of nitrogens with zero attached hydrogens (tertiary/aromatic N) is 4. The molecule has 3 aromatic rings. The highest BCUT2D eigenvalue weighted by Gasteiger charge is 2.34. The van der Waals surface area contributed by atoms with E-state index in [1.807, 2.05) is 0 Å². The zero-order valence-corrected chi connectivity index (χ0v) is 19.7. The maximum atomic E-state index is 13.8. The minimum atomic E-state index is -0.252. The molecule has 0 bridgehead atoms. The Balaban J connectivity index is 1.03. The summed E-state index contributed by atoms with van der Waals surface area (Å²) in [5, 5.41) is 5.02. The number of halogens is 1. The summed E-state index contributed by atoms with van der Waals surface area (Å²) in [7, 11) is 0. The van der Waals surface area contributed by atoms with Crippen LogP contribution in [0.2, 0.25) is 0 Å². The first-order valence-corrected chi connectivity index (χ1v) is 12.7. The first-order valence-electron chi connectivity index (χ1n) is 12.7. The van der Waals surface area contributed by atoms with E-state index in [-0.39, 0.29) is 5.82 Å². The minimum Gasteiger partial charge on any atom is -0.493 e. The first-order chi connectivity index (χ1) is 16.7. The average molecular weight is 465 g/mol. The van der Waals surface area contributed by atoms with Crippen LogP contribution in [0.3, 0.4) is 0 Å². The predicted molar refractivity (Wildman–Crippen MR) is 131 cm³/mol. The monoisotopic (exact) mass is 464 g/mol. The highest BCUT2D eigenvalue weighted by atomic mass is 19.1. The second-order valence-corrected chi connectivity index (χ2v) is 10.1. The Kier molecular flexibility index (Phi) is 6.14. The summed E-state index contributed by atoms with van der Waals surface area (Å²) in [6, 6.07) is 13.7. The number of anilines is 1. The molecule has 0 amide bonds. The molecular weight excluding hydrogens is 431 g/mol. The minimum absolute atomic E-state index is 0.252. The lowest BCUT2D eigenvalue weighted by Crippen LogP contribution is -2.57. The van der Waals surface area contributed by atoms with Gasteiger partial charge in [0.2, 0.25) is 0 Å². The summed E-state index contributed by atoms with van der Waals surface area (Å²) >= 11 is 0. The van der Waals surface area contributed by atoms with Crippen molar-refractivity contribution in [2.75, 3.05) is 50.8 Å². The Morgan fingerprint density at radius 3 is 2.82 bits per heavy atom. The van der Waals surface area contributed by atoms with Crippen LogP contribution in [0.15, 0.2) is 47.0 Å². The SMILES string of the molecule is Fc1ccc2onc(N3CCN4C[C@@H](COc5cccc(CN6CCCC6)c5)CC[C@H]4C3)c2c1. The Hall–Kier alpha value is -2.64. The number of ether oxygens (including phenoxy) is 1. The quantitative estimate of drug-likeness (QED) is 0.534. The van der Waals surface area contributed by atoms with Gasteiger partial charge < -0.3 is 14.2 Å². The highest BCUT2D eigenvalue weighted by molar-refractivity contribution is 5.88. The molecule has 2 atom stereocenters. The number of hydrogen-bond acceptors (Lipinski definition) is 6. The number of piperidine rings is 1. The van der Waals surface area contributed by atoms with E-state index in [0.717, 1.165) is 69.1 Å². The third-order valence-electron chi connectivity index (χ3n) is 7.71. The van der Waals surface area contributed by atoms with Gasteiger partial charge in [-0.25, -0.2) is 4.39 Å². The molecule has 0 N–H and O–H groups in total. The zero-order chi connectivity index (χ0) is 22.9. The number of piperazine rings is 1. The van der Waals surface area contributed by atoms with E-state index >= 15 is 0 Å². The number of rotatable bonds is 6. The maximum Gasteiger partial charge on any atom is 0.180 e. The van der Waals surface area contributed by atoms with Gasteiger partial charge in [-0.1, -0.05) is 17.3 Å². The summed E-state index contributed by atoms with van der Waals surface area (Å²) in [5.74, 6) is 2.06. The summed E-state index contributed by atoms with van der Waals surface area (Å²) in [4.78, 5) is 7.38. The maximum absolute atomic E-state index is 13.8. The topological polar surface area (TPSA) is 45.0 Å². The molecule has 0 aliphatic carbocycles. The van der Waals surface area contributed by atoms with Gasteiger partial charge in [0, 0.05) is 44.7 Å². The number of fused-ring (bicyclic) bond motifs is 2. The predicted octanol–water partition coefficient (Wildman–Crippen LogP) is 4.54. The van der Waals surface area contributed by atoms with Crippen molar-refractivity contribution < 1.29 is 13.7 Å². The second kappa shape index (κ2) is 9.55. The summed E-state index contributed by atoms with van der Waals surface area (Å²) in [6.07, 6.45) is 4.95. The third-order valence-corrected chi connectivity index (χ3v) is 7.71. The van der Waals surface area contributed by atoms with Crippen molar-refractivity contribution in [1.29, 1.82) is 0 Å². The molecule has 2 aromatic carbocycles. The molecule has 0 saturated carbocycles. The Bertz CT molecular complexity index is 1130. The van der Waals surface area contributed by atoms with Gasteiger partial charge in [-0.15, -0.1) is 0 Å². The molecule has 34 heavy (non-hydrogen) atoms. The van der Waals surface area contributed by atoms with Crippen molar-refractivity contribution in [3.05, 3.63) is 53.8 Å². The number of likely N-dealkylation sites (tertiary alicyclic amines) is 1. The smallest absolute Gasteiger partial charge is 0.180 e. The van der Waals surface area contributed by atoms with Gasteiger partial charge in [0.1, 0.15) is 11.6 Å². The van der Waals surface area contributed by atoms with E-state index < -0.39 is 0 Å². The molecule has 180 valence electrons. The van der Waals surface area contributed by atoms with Crippen LogP contribution < -0.4 is 9.64 Å². The lowest BCUT2D eigenvalue weighted by molar-refractivity contribution is 0.0726. The standard InChI is InChI=1S/C27H33FN4O2/c28-22-7-9-26-25(15-22)27(29-34-26)32-13-12-31-17-21(6-8-23(31)18-32)19-33-24-5-3-4-20(14-24)16-30-10-1-2-11-30/h3-5,7,9,14-15,21,23H,1-2,6,8,10-13,16-19H2/t21-,23-/m0/s1. The molecule has 3 aliphatic rings. The summed E-state index contributed by atoms with van der Waals surface area (Å²) < 4.78 is 25.5. The van der Waals surface area contributed by atoms with Crippen LogP contribution in [0, 0.1) is 11.7 Å². The van der Waals surface area contributed by atoms with Gasteiger partial charge in [0.25, 0.3) is 0 Å². The molecule has 3 fully saturated rings. The number of hydrogen-bond donors (Lipinski definition) is 0. The molecule has 3 saturated heterocycles. The molecule has 0 radical (unpaired) electrons. The fourth-order valence-electron chi connectivity index (χ4n) is 5.86. The number of aromatic nitrogens is 1. The van der Waals surface area contributed by atoms with Gasteiger partial charge in [0.15, 0.2) is 11.4 Å². The largest absolute Gasteiger partial charge is 0.493 e. The van der Waals surface area contributed by atoms with Gasteiger partial charge in [-0.2, -0.15) is 0 Å². The van der Waals surface area contributed by atoms with E-state index in [0.29, 0.717) is 17.5 Å². The summed E-state index contributed by atoms with van der Waals surface area (Å²) in [6.45, 7) is 8.06. The van der Waals surface area contributed by atoms with E-state index in [9.17, 15) is 4.39 Å². The Morgan fingerprint density at radius 2 is 1.91 bits per heavy atom. The normalized spacial score (nSPS) is 24.0. The van der Waals surface area contributed by atoms with Crippen molar-refractivity contribution in [2.45, 2.75) is 38.3 Å². The lowest BCUT2D eigenvalue weighted by atomic mass is 9.91. The van der Waals surface area contributed by atoms with E-state index in [2.05, 4.69) is 44.1 Å². The molecule has 0 spiro atoms. The Labute approximate surface area is 200 Å². The number of benzene rings is 2. The highest BCUT2D eigenvalue weighted by Crippen LogP contribution is 2.32. The van der Waals surface area contributed by atoms with Crippen LogP contribution in [0.25, 0.3) is 11.0 Å². The molecule has 6 rings (SSSR count). The van der Waals surface area contributed by atoms with Crippen molar-refractivity contribution in [3.63, 3.8) is 0 Å². The van der Waals surface area contributed by atoms with E-state index in [4.69, 9.17) is 9.26 Å². The van der Waals surface area contributed by atoms with Gasteiger partial charge >= 0.3 is 0 Å². The third kappa shape index (κ3) is 4.64. The Morgan fingerprint density at radius 1 is 1.00 bits per heavy atom. The van der Waals surface area contributed by atoms with Crippen LogP contribution in [0.4, 0.5) is 10.2 Å². The fraction of sp³-hybridized carbons (Fsp3) is 0.519.